The molecule has 1 saturated heterocycles. The molecule has 146 valence electrons. The summed E-state index contributed by atoms with van der Waals surface area (Å²) in [6.45, 7) is 7.27. The predicted octanol–water partition coefficient (Wildman–Crippen LogP) is 4.88. The maximum Gasteiger partial charge on any atom is 0.141 e. The number of carbonyl (C=O) groups is 1. The van der Waals surface area contributed by atoms with Gasteiger partial charge in [-0.3, -0.25) is 0 Å². The third-order valence-electron chi connectivity index (χ3n) is 5.84. The van der Waals surface area contributed by atoms with Gasteiger partial charge in [0.25, 0.3) is 0 Å². The molecule has 1 aromatic heterocycles. The number of Topliss-reactive ketones (excluding diaryl/α,β-unsaturated/α-hetero) is 1. The standard InChI is InChI=1S/C24H29N3O/c1-3-26-15-7-10-21(17-26)27-23-12-5-4-11-22(23)25-24(27)20-9-6-8-19(16-20)14-13-18(2)28/h4-6,8-9,11-12,16,21H,3,7,10,13-15,17H2,1-2H3. The Morgan fingerprint density at radius 2 is 2.04 bits per heavy atom. The van der Waals surface area contributed by atoms with Gasteiger partial charge in [-0.25, -0.2) is 4.98 Å². The number of aromatic nitrogens is 2. The van der Waals surface area contributed by atoms with E-state index in [1.165, 1.54) is 30.5 Å². The lowest BCUT2D eigenvalue weighted by atomic mass is 10.0. The second kappa shape index (κ2) is 8.27. The highest BCUT2D eigenvalue weighted by Gasteiger charge is 2.25. The van der Waals surface area contributed by atoms with Gasteiger partial charge < -0.3 is 14.3 Å². The van der Waals surface area contributed by atoms with Crippen LogP contribution in [-0.4, -0.2) is 39.9 Å². The first-order chi connectivity index (χ1) is 13.7. The summed E-state index contributed by atoms with van der Waals surface area (Å²) < 4.78 is 2.46. The first-order valence-electron chi connectivity index (χ1n) is 10.4. The number of fused-ring (bicyclic) bond motifs is 1. The van der Waals surface area contributed by atoms with Gasteiger partial charge in [0, 0.05) is 24.6 Å². The Morgan fingerprint density at radius 1 is 1.18 bits per heavy atom. The molecule has 2 aromatic carbocycles. The summed E-state index contributed by atoms with van der Waals surface area (Å²) >= 11 is 0. The molecule has 2 heterocycles. The van der Waals surface area contributed by atoms with Crippen LogP contribution < -0.4 is 0 Å². The number of rotatable bonds is 6. The molecule has 1 fully saturated rings. The van der Waals surface area contributed by atoms with E-state index in [2.05, 4.69) is 64.9 Å². The van der Waals surface area contributed by atoms with Gasteiger partial charge in [0.15, 0.2) is 0 Å². The number of imidazole rings is 1. The van der Waals surface area contributed by atoms with Gasteiger partial charge in [0.05, 0.1) is 11.0 Å². The van der Waals surface area contributed by atoms with Crippen LogP contribution in [0.2, 0.25) is 0 Å². The molecule has 0 aliphatic carbocycles. The minimum absolute atomic E-state index is 0.236. The topological polar surface area (TPSA) is 38.1 Å². The van der Waals surface area contributed by atoms with Gasteiger partial charge >= 0.3 is 0 Å². The van der Waals surface area contributed by atoms with Gasteiger partial charge in [-0.2, -0.15) is 0 Å². The number of carbonyl (C=O) groups excluding carboxylic acids is 1. The van der Waals surface area contributed by atoms with Crippen LogP contribution in [0.5, 0.6) is 0 Å². The van der Waals surface area contributed by atoms with Crippen molar-refractivity contribution in [3.8, 4) is 11.4 Å². The fourth-order valence-corrected chi connectivity index (χ4v) is 4.33. The van der Waals surface area contributed by atoms with E-state index in [1.54, 1.807) is 6.92 Å². The fraction of sp³-hybridized carbons (Fsp3) is 0.417. The molecule has 4 nitrogen and oxygen atoms in total. The Morgan fingerprint density at radius 3 is 2.86 bits per heavy atom. The molecule has 0 saturated carbocycles. The zero-order chi connectivity index (χ0) is 19.5. The van der Waals surface area contributed by atoms with Crippen molar-refractivity contribution in [3.05, 3.63) is 54.1 Å². The first-order valence-corrected chi connectivity index (χ1v) is 10.4. The van der Waals surface area contributed by atoms with Crippen molar-refractivity contribution in [2.75, 3.05) is 19.6 Å². The fourth-order valence-electron chi connectivity index (χ4n) is 4.33. The van der Waals surface area contributed by atoms with Gasteiger partial charge in [-0.1, -0.05) is 37.3 Å². The Hall–Kier alpha value is -2.46. The molecule has 1 aliphatic rings. The lowest BCUT2D eigenvalue weighted by Crippen LogP contribution is -2.36. The Kier molecular flexibility index (Phi) is 5.58. The van der Waals surface area contributed by atoms with Crippen molar-refractivity contribution in [2.45, 2.75) is 45.6 Å². The maximum atomic E-state index is 11.4. The summed E-state index contributed by atoms with van der Waals surface area (Å²) in [6.07, 6.45) is 3.79. The zero-order valence-electron chi connectivity index (χ0n) is 16.9. The minimum atomic E-state index is 0.236. The van der Waals surface area contributed by atoms with E-state index in [0.717, 1.165) is 36.4 Å². The van der Waals surface area contributed by atoms with Crippen molar-refractivity contribution in [3.63, 3.8) is 0 Å². The predicted molar refractivity (Wildman–Crippen MR) is 115 cm³/mol. The molecule has 0 radical (unpaired) electrons. The smallest absolute Gasteiger partial charge is 0.141 e. The molecule has 28 heavy (non-hydrogen) atoms. The average Bonchev–Trinajstić information content (AvgIpc) is 3.12. The molecule has 4 heteroatoms. The number of ketones is 1. The van der Waals surface area contributed by atoms with Crippen LogP contribution in [0.4, 0.5) is 0 Å². The number of para-hydroxylation sites is 2. The summed E-state index contributed by atoms with van der Waals surface area (Å²) in [4.78, 5) is 18.9. The highest BCUT2D eigenvalue weighted by Crippen LogP contribution is 2.33. The average molecular weight is 376 g/mol. The largest absolute Gasteiger partial charge is 0.320 e. The number of nitrogens with zero attached hydrogens (tertiary/aromatic N) is 3. The molecule has 1 atom stereocenters. The highest BCUT2D eigenvalue weighted by molar-refractivity contribution is 5.81. The number of hydrogen-bond acceptors (Lipinski definition) is 3. The van der Waals surface area contributed by atoms with Crippen molar-refractivity contribution in [1.29, 1.82) is 0 Å². The molecule has 3 aromatic rings. The molecule has 0 N–H and O–H groups in total. The van der Waals surface area contributed by atoms with Gasteiger partial charge in [0.2, 0.25) is 0 Å². The van der Waals surface area contributed by atoms with Crippen molar-refractivity contribution < 1.29 is 4.79 Å². The normalized spacial score (nSPS) is 17.9. The summed E-state index contributed by atoms with van der Waals surface area (Å²) in [6, 6.07) is 17.5. The number of benzene rings is 2. The lowest BCUT2D eigenvalue weighted by Gasteiger charge is -2.33. The second-order valence-electron chi connectivity index (χ2n) is 7.89. The molecular weight excluding hydrogens is 346 g/mol. The zero-order valence-corrected chi connectivity index (χ0v) is 16.9. The lowest BCUT2D eigenvalue weighted by molar-refractivity contribution is -0.116. The molecule has 0 amide bonds. The number of hydrogen-bond donors (Lipinski definition) is 0. The molecule has 1 unspecified atom stereocenters. The van der Waals surface area contributed by atoms with E-state index >= 15 is 0 Å². The maximum absolute atomic E-state index is 11.4. The third-order valence-corrected chi connectivity index (χ3v) is 5.84. The summed E-state index contributed by atoms with van der Waals surface area (Å²) in [5, 5.41) is 0. The molecule has 0 spiro atoms. The van der Waals surface area contributed by atoms with E-state index in [1.807, 2.05) is 0 Å². The monoisotopic (exact) mass is 375 g/mol. The molecule has 4 rings (SSSR count). The van der Waals surface area contributed by atoms with E-state index in [9.17, 15) is 4.79 Å². The van der Waals surface area contributed by atoms with Gasteiger partial charge in [-0.15, -0.1) is 0 Å². The van der Waals surface area contributed by atoms with Crippen LogP contribution in [-0.2, 0) is 11.2 Å². The van der Waals surface area contributed by atoms with Crippen molar-refractivity contribution in [2.24, 2.45) is 0 Å². The Balaban J connectivity index is 1.77. The number of likely N-dealkylation sites (N-methyl/N-ethyl adjacent to an activating group) is 1. The third kappa shape index (κ3) is 3.88. The van der Waals surface area contributed by atoms with Crippen LogP contribution in [0.15, 0.2) is 48.5 Å². The molecule has 1 aliphatic heterocycles. The van der Waals surface area contributed by atoms with E-state index in [0.29, 0.717) is 12.5 Å². The second-order valence-corrected chi connectivity index (χ2v) is 7.89. The van der Waals surface area contributed by atoms with Crippen LogP contribution in [0, 0.1) is 0 Å². The van der Waals surface area contributed by atoms with Crippen LogP contribution in [0.1, 0.15) is 44.7 Å². The van der Waals surface area contributed by atoms with E-state index in [-0.39, 0.29) is 5.78 Å². The first kappa shape index (κ1) is 18.9. The Labute approximate surface area is 167 Å². The molecular formula is C24H29N3O. The van der Waals surface area contributed by atoms with Crippen LogP contribution >= 0.6 is 0 Å². The quantitative estimate of drug-likeness (QED) is 0.616. The van der Waals surface area contributed by atoms with Crippen LogP contribution in [0.25, 0.3) is 22.4 Å². The van der Waals surface area contributed by atoms with E-state index in [4.69, 9.17) is 4.98 Å². The van der Waals surface area contributed by atoms with Crippen molar-refractivity contribution in [1.82, 2.24) is 14.5 Å². The Bertz CT molecular complexity index is 975. The van der Waals surface area contributed by atoms with Gasteiger partial charge in [0.1, 0.15) is 11.6 Å². The number of likely N-dealkylation sites (tertiary alicyclic amines) is 1. The number of piperidine rings is 1. The number of aryl methyl sites for hydroxylation is 1. The summed E-state index contributed by atoms with van der Waals surface area (Å²) in [5.41, 5.74) is 4.62. The highest BCUT2D eigenvalue weighted by atomic mass is 16.1. The summed E-state index contributed by atoms with van der Waals surface area (Å²) in [7, 11) is 0. The van der Waals surface area contributed by atoms with E-state index < -0.39 is 0 Å². The molecule has 0 bridgehead atoms. The van der Waals surface area contributed by atoms with Crippen LogP contribution in [0.3, 0.4) is 0 Å². The SMILES string of the molecule is CCN1CCCC(n2c(-c3cccc(CCC(C)=O)c3)nc3ccccc32)C1. The minimum Gasteiger partial charge on any atom is -0.320 e. The summed E-state index contributed by atoms with van der Waals surface area (Å²) in [5.74, 6) is 1.29. The van der Waals surface area contributed by atoms with Gasteiger partial charge in [-0.05, 0) is 63.0 Å². The van der Waals surface area contributed by atoms with Crippen molar-refractivity contribution >= 4 is 16.8 Å².